The SMILES string of the molecule is CC(=O)CNc1ccc2c(Sc3ccccc3[N+](=O)[O-])cn(CC3(F)C=C(F)C=CC3)c2c1. The lowest BCUT2D eigenvalue weighted by atomic mass is 9.96. The number of allylic oxidation sites excluding steroid dienone is 4. The predicted octanol–water partition coefficient (Wildman–Crippen LogP) is 6.22. The molecule has 170 valence electrons. The van der Waals surface area contributed by atoms with Crippen LogP contribution in [-0.2, 0) is 11.3 Å². The molecule has 1 aromatic heterocycles. The Morgan fingerprint density at radius 2 is 2.06 bits per heavy atom. The van der Waals surface area contributed by atoms with Gasteiger partial charge in [-0.3, -0.25) is 14.9 Å². The number of hydrogen-bond acceptors (Lipinski definition) is 5. The van der Waals surface area contributed by atoms with Crippen LogP contribution < -0.4 is 5.32 Å². The van der Waals surface area contributed by atoms with Crippen LogP contribution >= 0.6 is 11.8 Å². The second-order valence-corrected chi connectivity index (χ2v) is 8.99. The molecule has 9 heteroatoms. The Balaban J connectivity index is 1.77. The summed E-state index contributed by atoms with van der Waals surface area (Å²) in [5.74, 6) is -0.658. The van der Waals surface area contributed by atoms with E-state index in [1.807, 2.05) is 6.07 Å². The Bertz CT molecular complexity index is 1300. The van der Waals surface area contributed by atoms with Crippen LogP contribution in [0.3, 0.4) is 0 Å². The molecule has 2 aromatic carbocycles. The van der Waals surface area contributed by atoms with Gasteiger partial charge >= 0.3 is 0 Å². The zero-order chi connectivity index (χ0) is 23.6. The van der Waals surface area contributed by atoms with Crippen LogP contribution in [0.15, 0.2) is 82.5 Å². The molecule has 33 heavy (non-hydrogen) atoms. The number of fused-ring (bicyclic) bond motifs is 1. The molecule has 1 unspecified atom stereocenters. The first kappa shape index (κ1) is 22.7. The molecular weight excluding hydrogens is 448 g/mol. The summed E-state index contributed by atoms with van der Waals surface area (Å²) in [6.45, 7) is 1.49. The van der Waals surface area contributed by atoms with E-state index in [0.29, 0.717) is 21.0 Å². The van der Waals surface area contributed by atoms with Crippen LogP contribution in [0.1, 0.15) is 13.3 Å². The number of nitro groups is 1. The smallest absolute Gasteiger partial charge is 0.283 e. The molecule has 1 heterocycles. The molecule has 0 aliphatic heterocycles. The summed E-state index contributed by atoms with van der Waals surface area (Å²) in [4.78, 5) is 23.5. The van der Waals surface area contributed by atoms with Gasteiger partial charge in [0.25, 0.3) is 5.69 Å². The van der Waals surface area contributed by atoms with Crippen LogP contribution in [0.5, 0.6) is 0 Å². The lowest BCUT2D eigenvalue weighted by molar-refractivity contribution is -0.387. The number of benzene rings is 2. The normalized spacial score (nSPS) is 17.7. The Morgan fingerprint density at radius 3 is 2.79 bits per heavy atom. The van der Waals surface area contributed by atoms with Crippen molar-refractivity contribution in [3.05, 3.63) is 82.8 Å². The minimum atomic E-state index is -1.91. The number of Topliss-reactive ketones (excluding diaryl/α,β-unsaturated/α-hetero) is 1. The van der Waals surface area contributed by atoms with Gasteiger partial charge in [0.05, 0.1) is 28.4 Å². The van der Waals surface area contributed by atoms with E-state index in [1.54, 1.807) is 41.1 Å². The van der Waals surface area contributed by atoms with E-state index < -0.39 is 16.4 Å². The minimum Gasteiger partial charge on any atom is -0.378 e. The number of rotatable bonds is 8. The molecule has 1 aliphatic rings. The van der Waals surface area contributed by atoms with Gasteiger partial charge in [0.2, 0.25) is 0 Å². The zero-order valence-corrected chi connectivity index (χ0v) is 18.6. The third-order valence-corrected chi connectivity index (χ3v) is 6.34. The van der Waals surface area contributed by atoms with Crippen molar-refractivity contribution in [2.45, 2.75) is 35.3 Å². The van der Waals surface area contributed by atoms with Gasteiger partial charge in [-0.1, -0.05) is 30.0 Å². The molecule has 0 spiro atoms. The van der Waals surface area contributed by atoms with Gasteiger partial charge in [-0.2, -0.15) is 0 Å². The van der Waals surface area contributed by atoms with Crippen molar-refractivity contribution in [2.75, 3.05) is 11.9 Å². The fraction of sp³-hybridized carbons (Fsp3) is 0.208. The Hall–Kier alpha value is -3.46. The second-order valence-electron chi connectivity index (χ2n) is 7.91. The molecule has 3 aromatic rings. The first-order chi connectivity index (χ1) is 15.7. The molecule has 1 atom stereocenters. The number of ketones is 1. The quantitative estimate of drug-likeness (QED) is 0.313. The summed E-state index contributed by atoms with van der Waals surface area (Å²) in [6.07, 6.45) is 5.45. The molecule has 0 saturated carbocycles. The molecule has 0 radical (unpaired) electrons. The Labute approximate surface area is 193 Å². The number of aromatic nitrogens is 1. The summed E-state index contributed by atoms with van der Waals surface area (Å²) >= 11 is 1.22. The van der Waals surface area contributed by atoms with Gasteiger partial charge in [0.15, 0.2) is 5.67 Å². The van der Waals surface area contributed by atoms with Gasteiger partial charge < -0.3 is 9.88 Å². The fourth-order valence-corrected chi connectivity index (χ4v) is 4.83. The first-order valence-corrected chi connectivity index (χ1v) is 11.1. The van der Waals surface area contributed by atoms with Crippen LogP contribution in [0.25, 0.3) is 10.9 Å². The summed E-state index contributed by atoms with van der Waals surface area (Å²) < 4.78 is 30.9. The van der Waals surface area contributed by atoms with Crippen LogP contribution in [0.2, 0.25) is 0 Å². The second kappa shape index (κ2) is 9.19. The maximum absolute atomic E-state index is 15.5. The molecular formula is C24H21F2N3O3S. The lowest BCUT2D eigenvalue weighted by Gasteiger charge is -2.23. The maximum Gasteiger partial charge on any atom is 0.283 e. The van der Waals surface area contributed by atoms with Gasteiger partial charge in [0, 0.05) is 34.7 Å². The number of hydrogen-bond donors (Lipinski definition) is 1. The first-order valence-electron chi connectivity index (χ1n) is 10.3. The van der Waals surface area contributed by atoms with Crippen LogP contribution in [0.4, 0.5) is 20.2 Å². The number of nitro benzene ring substituents is 1. The van der Waals surface area contributed by atoms with E-state index in [1.165, 1.54) is 36.9 Å². The van der Waals surface area contributed by atoms with Crippen LogP contribution in [0, 0.1) is 10.1 Å². The highest BCUT2D eigenvalue weighted by atomic mass is 32.2. The molecule has 0 bridgehead atoms. The number of para-hydroxylation sites is 1. The van der Waals surface area contributed by atoms with E-state index in [-0.39, 0.29) is 31.0 Å². The number of nitrogens with one attached hydrogen (secondary N) is 1. The number of alkyl halides is 1. The molecule has 4 rings (SSSR count). The molecule has 1 aliphatic carbocycles. The molecule has 6 nitrogen and oxygen atoms in total. The number of anilines is 1. The van der Waals surface area contributed by atoms with Crippen molar-refractivity contribution in [1.82, 2.24) is 4.57 Å². The highest BCUT2D eigenvalue weighted by Crippen LogP contribution is 2.41. The standard InChI is InChI=1S/C24H21F2N3O3S/c1-16(30)13-27-18-8-9-19-21(11-18)28(15-24(26)10-4-5-17(25)12-24)14-23(19)33-22-7-3-2-6-20(22)29(31)32/h2-9,11-12,14,27H,10,13,15H2,1H3. The predicted molar refractivity (Wildman–Crippen MR) is 125 cm³/mol. The number of nitrogens with zero attached hydrogens (tertiary/aromatic N) is 2. The van der Waals surface area contributed by atoms with Gasteiger partial charge in [-0.05, 0) is 43.3 Å². The van der Waals surface area contributed by atoms with Crippen molar-refractivity contribution < 1.29 is 18.5 Å². The van der Waals surface area contributed by atoms with E-state index >= 15 is 4.39 Å². The average Bonchev–Trinajstić information content (AvgIpc) is 3.08. The number of carbonyl (C=O) groups is 1. The number of halogens is 2. The monoisotopic (exact) mass is 469 g/mol. The highest BCUT2D eigenvalue weighted by molar-refractivity contribution is 7.99. The summed E-state index contributed by atoms with van der Waals surface area (Å²) in [5, 5.41) is 15.2. The van der Waals surface area contributed by atoms with Gasteiger partial charge in [-0.15, -0.1) is 0 Å². The molecule has 0 saturated heterocycles. The Kier molecular flexibility index (Phi) is 6.33. The van der Waals surface area contributed by atoms with Crippen molar-refractivity contribution in [2.24, 2.45) is 0 Å². The Morgan fingerprint density at radius 1 is 1.27 bits per heavy atom. The van der Waals surface area contributed by atoms with E-state index in [2.05, 4.69) is 5.32 Å². The summed E-state index contributed by atoms with van der Waals surface area (Å²) in [7, 11) is 0. The third-order valence-electron chi connectivity index (χ3n) is 5.23. The largest absolute Gasteiger partial charge is 0.378 e. The summed E-state index contributed by atoms with van der Waals surface area (Å²) in [5.41, 5.74) is -0.580. The van der Waals surface area contributed by atoms with Gasteiger partial charge in [0.1, 0.15) is 11.6 Å². The average molecular weight is 470 g/mol. The van der Waals surface area contributed by atoms with Crippen molar-refractivity contribution in [3.63, 3.8) is 0 Å². The van der Waals surface area contributed by atoms with Crippen LogP contribution in [-0.4, -0.2) is 27.5 Å². The lowest BCUT2D eigenvalue weighted by Crippen LogP contribution is -2.27. The molecule has 1 N–H and O–H groups in total. The molecule has 0 amide bonds. The maximum atomic E-state index is 15.5. The topological polar surface area (TPSA) is 77.2 Å². The van der Waals surface area contributed by atoms with E-state index in [4.69, 9.17) is 0 Å². The zero-order valence-electron chi connectivity index (χ0n) is 17.8. The number of carbonyl (C=O) groups excluding carboxylic acids is 1. The van der Waals surface area contributed by atoms with Gasteiger partial charge in [-0.25, -0.2) is 8.78 Å². The van der Waals surface area contributed by atoms with Crippen molar-refractivity contribution >= 4 is 39.8 Å². The molecule has 0 fully saturated rings. The van der Waals surface area contributed by atoms with E-state index in [0.717, 1.165) is 11.5 Å². The fourth-order valence-electron chi connectivity index (χ4n) is 3.73. The highest BCUT2D eigenvalue weighted by Gasteiger charge is 2.30. The summed E-state index contributed by atoms with van der Waals surface area (Å²) in [6, 6.07) is 11.8. The minimum absolute atomic E-state index is 0.0208. The third kappa shape index (κ3) is 5.14. The van der Waals surface area contributed by atoms with Crippen molar-refractivity contribution in [3.8, 4) is 0 Å². The van der Waals surface area contributed by atoms with Crippen molar-refractivity contribution in [1.29, 1.82) is 0 Å². The van der Waals surface area contributed by atoms with E-state index in [9.17, 15) is 19.3 Å².